The molecule has 0 aliphatic heterocycles. The largest absolute Gasteiger partial charge is 0.366 e. The predicted molar refractivity (Wildman–Crippen MR) is 99.7 cm³/mol. The van der Waals surface area contributed by atoms with E-state index in [4.69, 9.17) is 0 Å². The van der Waals surface area contributed by atoms with Gasteiger partial charge in [-0.25, -0.2) is 13.4 Å². The average molecular weight is 347 g/mol. The van der Waals surface area contributed by atoms with Gasteiger partial charge in [-0.3, -0.25) is 4.72 Å². The molecule has 1 aromatic heterocycles. The summed E-state index contributed by atoms with van der Waals surface area (Å²) in [6.45, 7) is 5.69. The second kappa shape index (κ2) is 8.68. The highest BCUT2D eigenvalue weighted by molar-refractivity contribution is 7.92. The van der Waals surface area contributed by atoms with Crippen LogP contribution in [0.4, 0.5) is 11.5 Å². The first kappa shape index (κ1) is 18.3. The lowest BCUT2D eigenvalue weighted by molar-refractivity contribution is 0.597. The number of hydrogen-bond acceptors (Lipinski definition) is 4. The summed E-state index contributed by atoms with van der Waals surface area (Å²) in [6.07, 6.45) is 3.20. The molecule has 0 aliphatic rings. The van der Waals surface area contributed by atoms with Gasteiger partial charge in [-0.2, -0.15) is 0 Å². The van der Waals surface area contributed by atoms with Gasteiger partial charge in [0.1, 0.15) is 5.82 Å². The third-order valence-corrected chi connectivity index (χ3v) is 5.08. The summed E-state index contributed by atoms with van der Waals surface area (Å²) in [7, 11) is -3.31. The van der Waals surface area contributed by atoms with E-state index in [2.05, 4.69) is 33.7 Å². The van der Waals surface area contributed by atoms with E-state index in [1.165, 1.54) is 5.56 Å². The van der Waals surface area contributed by atoms with Gasteiger partial charge in [0.05, 0.1) is 17.6 Å². The minimum Gasteiger partial charge on any atom is -0.366 e. The van der Waals surface area contributed by atoms with Gasteiger partial charge in [-0.1, -0.05) is 43.7 Å². The molecular weight excluding hydrogens is 322 g/mol. The second-order valence-corrected chi connectivity index (χ2v) is 7.52. The second-order valence-electron chi connectivity index (χ2n) is 5.68. The van der Waals surface area contributed by atoms with Crippen LogP contribution >= 0.6 is 0 Å². The molecule has 1 N–H and O–H groups in total. The van der Waals surface area contributed by atoms with Crippen molar-refractivity contribution in [3.8, 4) is 0 Å². The quantitative estimate of drug-likeness (QED) is 0.752. The number of sulfonamides is 1. The lowest BCUT2D eigenvalue weighted by atomic mass is 10.2. The molecule has 2 rings (SSSR count). The van der Waals surface area contributed by atoms with Gasteiger partial charge in [0.2, 0.25) is 10.0 Å². The maximum absolute atomic E-state index is 11.9. The van der Waals surface area contributed by atoms with E-state index in [-0.39, 0.29) is 5.75 Å². The summed E-state index contributed by atoms with van der Waals surface area (Å²) >= 11 is 0. The van der Waals surface area contributed by atoms with Crippen molar-refractivity contribution in [2.24, 2.45) is 0 Å². The van der Waals surface area contributed by atoms with Crippen LogP contribution in [-0.4, -0.2) is 25.7 Å². The number of pyridine rings is 1. The summed E-state index contributed by atoms with van der Waals surface area (Å²) in [5.74, 6) is 0.493. The Bertz CT molecular complexity index is 716. The molecule has 0 aliphatic carbocycles. The van der Waals surface area contributed by atoms with E-state index in [1.807, 2.05) is 31.2 Å². The van der Waals surface area contributed by atoms with Crippen molar-refractivity contribution in [1.82, 2.24) is 4.98 Å². The SMILES string of the molecule is CCCCS(=O)(=O)Nc1ccc(N(CC)Cc2ccccc2)cn1. The smallest absolute Gasteiger partial charge is 0.233 e. The topological polar surface area (TPSA) is 62.3 Å². The van der Waals surface area contributed by atoms with Crippen molar-refractivity contribution in [3.63, 3.8) is 0 Å². The fourth-order valence-corrected chi connectivity index (χ4v) is 3.58. The van der Waals surface area contributed by atoms with Crippen LogP contribution in [0.5, 0.6) is 0 Å². The molecule has 0 radical (unpaired) electrons. The minimum atomic E-state index is -3.31. The summed E-state index contributed by atoms with van der Waals surface area (Å²) in [6, 6.07) is 13.8. The summed E-state index contributed by atoms with van der Waals surface area (Å²) in [4.78, 5) is 6.44. The van der Waals surface area contributed by atoms with Crippen molar-refractivity contribution >= 4 is 21.5 Å². The van der Waals surface area contributed by atoms with E-state index in [9.17, 15) is 8.42 Å². The molecule has 130 valence electrons. The Morgan fingerprint density at radius 1 is 1.08 bits per heavy atom. The van der Waals surface area contributed by atoms with Gasteiger partial charge in [-0.05, 0) is 31.0 Å². The van der Waals surface area contributed by atoms with Crippen LogP contribution in [0.25, 0.3) is 0 Å². The van der Waals surface area contributed by atoms with Crippen molar-refractivity contribution < 1.29 is 8.42 Å². The van der Waals surface area contributed by atoms with Gasteiger partial charge in [0.25, 0.3) is 0 Å². The van der Waals surface area contributed by atoms with E-state index in [0.717, 1.165) is 25.2 Å². The molecule has 1 heterocycles. The lowest BCUT2D eigenvalue weighted by Gasteiger charge is -2.23. The maximum Gasteiger partial charge on any atom is 0.233 e. The molecule has 1 aromatic carbocycles. The molecule has 0 amide bonds. The number of nitrogens with one attached hydrogen (secondary N) is 1. The van der Waals surface area contributed by atoms with E-state index in [0.29, 0.717) is 12.2 Å². The number of unbranched alkanes of at least 4 members (excludes halogenated alkanes) is 1. The monoisotopic (exact) mass is 347 g/mol. The summed E-state index contributed by atoms with van der Waals surface area (Å²) in [5.41, 5.74) is 2.20. The third kappa shape index (κ3) is 5.53. The molecular formula is C18H25N3O2S. The maximum atomic E-state index is 11.9. The van der Waals surface area contributed by atoms with Crippen LogP contribution in [-0.2, 0) is 16.6 Å². The number of benzene rings is 1. The van der Waals surface area contributed by atoms with E-state index >= 15 is 0 Å². The zero-order valence-corrected chi connectivity index (χ0v) is 15.1. The molecule has 0 saturated heterocycles. The normalized spacial score (nSPS) is 11.2. The van der Waals surface area contributed by atoms with Crippen molar-refractivity contribution in [2.45, 2.75) is 33.2 Å². The molecule has 0 atom stereocenters. The van der Waals surface area contributed by atoms with Crippen LogP contribution in [0.15, 0.2) is 48.7 Å². The number of nitrogens with zero attached hydrogens (tertiary/aromatic N) is 2. The first-order valence-electron chi connectivity index (χ1n) is 8.29. The highest BCUT2D eigenvalue weighted by Gasteiger charge is 2.11. The molecule has 0 fully saturated rings. The fourth-order valence-electron chi connectivity index (χ4n) is 2.37. The van der Waals surface area contributed by atoms with Crippen molar-refractivity contribution in [3.05, 3.63) is 54.2 Å². The standard InChI is InChI=1S/C18H25N3O2S/c1-3-5-13-24(22,23)20-18-12-11-17(14-19-18)21(4-2)15-16-9-7-6-8-10-16/h6-12,14H,3-5,13,15H2,1-2H3,(H,19,20). The van der Waals surface area contributed by atoms with Crippen LogP contribution in [0.1, 0.15) is 32.3 Å². The van der Waals surface area contributed by atoms with Crippen LogP contribution in [0.2, 0.25) is 0 Å². The molecule has 0 unspecified atom stereocenters. The molecule has 2 aromatic rings. The Hall–Kier alpha value is -2.08. The van der Waals surface area contributed by atoms with E-state index in [1.54, 1.807) is 12.3 Å². The van der Waals surface area contributed by atoms with Crippen LogP contribution in [0, 0.1) is 0 Å². The van der Waals surface area contributed by atoms with Gasteiger partial charge in [0, 0.05) is 13.1 Å². The summed E-state index contributed by atoms with van der Waals surface area (Å²) < 4.78 is 26.4. The van der Waals surface area contributed by atoms with E-state index < -0.39 is 10.0 Å². The third-order valence-electron chi connectivity index (χ3n) is 3.74. The van der Waals surface area contributed by atoms with Crippen molar-refractivity contribution in [2.75, 3.05) is 21.9 Å². The Morgan fingerprint density at radius 3 is 2.42 bits per heavy atom. The highest BCUT2D eigenvalue weighted by Crippen LogP contribution is 2.18. The predicted octanol–water partition coefficient (Wildman–Crippen LogP) is 3.65. The Kier molecular flexibility index (Phi) is 6.61. The molecule has 0 spiro atoms. The zero-order chi connectivity index (χ0) is 17.4. The Labute approximate surface area is 144 Å². The van der Waals surface area contributed by atoms with Gasteiger partial charge in [-0.15, -0.1) is 0 Å². The number of aromatic nitrogens is 1. The van der Waals surface area contributed by atoms with Crippen LogP contribution < -0.4 is 9.62 Å². The molecule has 6 heteroatoms. The summed E-state index contributed by atoms with van der Waals surface area (Å²) in [5, 5.41) is 0. The number of rotatable bonds is 9. The minimum absolute atomic E-state index is 0.127. The van der Waals surface area contributed by atoms with Gasteiger partial charge >= 0.3 is 0 Å². The number of hydrogen-bond donors (Lipinski definition) is 1. The van der Waals surface area contributed by atoms with Crippen molar-refractivity contribution in [1.29, 1.82) is 0 Å². The molecule has 5 nitrogen and oxygen atoms in total. The molecule has 24 heavy (non-hydrogen) atoms. The zero-order valence-electron chi connectivity index (χ0n) is 14.3. The van der Waals surface area contributed by atoms with Gasteiger partial charge in [0.15, 0.2) is 0 Å². The average Bonchev–Trinajstić information content (AvgIpc) is 2.59. The van der Waals surface area contributed by atoms with Gasteiger partial charge < -0.3 is 4.90 Å². The highest BCUT2D eigenvalue weighted by atomic mass is 32.2. The Morgan fingerprint density at radius 2 is 1.83 bits per heavy atom. The van der Waals surface area contributed by atoms with Crippen LogP contribution in [0.3, 0.4) is 0 Å². The lowest BCUT2D eigenvalue weighted by Crippen LogP contribution is -2.22. The number of anilines is 2. The molecule has 0 saturated carbocycles. The Balaban J connectivity index is 2.04. The fraction of sp³-hybridized carbons (Fsp3) is 0.389. The molecule has 0 bridgehead atoms. The first-order valence-corrected chi connectivity index (χ1v) is 9.94. The first-order chi connectivity index (χ1) is 11.5.